The molecule has 0 fully saturated rings. The van der Waals surface area contributed by atoms with E-state index in [1.54, 1.807) is 0 Å². The Bertz CT molecular complexity index is 338. The molecule has 2 atom stereocenters. The average Bonchev–Trinajstić information content (AvgIpc) is 2.30. The van der Waals surface area contributed by atoms with E-state index in [0.717, 1.165) is 6.42 Å². The zero-order chi connectivity index (χ0) is 9.80. The van der Waals surface area contributed by atoms with E-state index in [1.807, 2.05) is 6.07 Å². The summed E-state index contributed by atoms with van der Waals surface area (Å²) in [5.74, 6) is 0.533. The smallest absolute Gasteiger partial charge is 0.0332 e. The molecule has 0 aliphatic heterocycles. The van der Waals surface area contributed by atoms with Gasteiger partial charge in [0.25, 0.3) is 0 Å². The van der Waals surface area contributed by atoms with Crippen LogP contribution < -0.4 is 0 Å². The van der Waals surface area contributed by atoms with Gasteiger partial charge in [-0.3, -0.25) is 0 Å². The molecule has 0 heterocycles. The summed E-state index contributed by atoms with van der Waals surface area (Å²) in [6, 6.07) is 10.5. The Morgan fingerprint density at radius 3 is 2.57 bits per heavy atom. The third kappa shape index (κ3) is 2.10. The van der Waals surface area contributed by atoms with Gasteiger partial charge >= 0.3 is 0 Å². The van der Waals surface area contributed by atoms with Crippen LogP contribution in [0.15, 0.2) is 54.6 Å². The lowest BCUT2D eigenvalue weighted by Crippen LogP contribution is -2.05. The van der Waals surface area contributed by atoms with Crippen LogP contribution >= 0.6 is 12.6 Å². The molecule has 0 bridgehead atoms. The summed E-state index contributed by atoms with van der Waals surface area (Å²) in [5.41, 5.74) is 1.31. The Hall–Kier alpha value is -0.950. The summed E-state index contributed by atoms with van der Waals surface area (Å²) in [6.07, 6.45) is 9.75. The first-order chi connectivity index (χ1) is 6.88. The van der Waals surface area contributed by atoms with Crippen LogP contribution in [0.4, 0.5) is 0 Å². The van der Waals surface area contributed by atoms with E-state index >= 15 is 0 Å². The van der Waals surface area contributed by atoms with E-state index < -0.39 is 0 Å². The molecule has 1 aromatic carbocycles. The van der Waals surface area contributed by atoms with E-state index in [2.05, 4.69) is 61.2 Å². The number of allylic oxidation sites excluding steroid dienone is 4. The minimum Gasteiger partial charge on any atom is -0.170 e. The second kappa shape index (κ2) is 4.52. The molecule has 72 valence electrons. The average molecular weight is 202 g/mol. The van der Waals surface area contributed by atoms with Crippen molar-refractivity contribution in [2.75, 3.05) is 0 Å². The first-order valence-corrected chi connectivity index (χ1v) is 5.46. The van der Waals surface area contributed by atoms with Crippen LogP contribution in [0.5, 0.6) is 0 Å². The number of hydrogen-bond donors (Lipinski definition) is 1. The molecule has 0 radical (unpaired) electrons. The monoisotopic (exact) mass is 202 g/mol. The van der Waals surface area contributed by atoms with Gasteiger partial charge in [-0.15, -0.1) is 0 Å². The summed E-state index contributed by atoms with van der Waals surface area (Å²) in [7, 11) is 0. The molecular weight excluding hydrogens is 188 g/mol. The van der Waals surface area contributed by atoms with Crippen LogP contribution in [0.3, 0.4) is 0 Å². The maximum atomic E-state index is 4.68. The summed E-state index contributed by atoms with van der Waals surface area (Å²) >= 11 is 4.68. The third-order valence-corrected chi connectivity index (χ3v) is 3.24. The molecule has 0 saturated carbocycles. The quantitative estimate of drug-likeness (QED) is 0.693. The highest BCUT2D eigenvalue weighted by Gasteiger charge is 2.16. The molecule has 0 saturated heterocycles. The van der Waals surface area contributed by atoms with Crippen molar-refractivity contribution >= 4 is 12.6 Å². The van der Waals surface area contributed by atoms with Crippen LogP contribution in [0.2, 0.25) is 0 Å². The molecule has 1 aromatic rings. The number of thiol groups is 1. The molecule has 0 N–H and O–H groups in total. The summed E-state index contributed by atoms with van der Waals surface area (Å²) in [4.78, 5) is 0. The molecule has 0 amide bonds. The molecule has 1 aliphatic carbocycles. The second-order valence-corrected chi connectivity index (χ2v) is 4.12. The lowest BCUT2D eigenvalue weighted by atomic mass is 9.93. The molecule has 1 aliphatic rings. The SMILES string of the molecule is SC(c1ccccc1)C1C=CC=CC1. The summed E-state index contributed by atoms with van der Waals surface area (Å²) in [6.45, 7) is 0. The van der Waals surface area contributed by atoms with Crippen LogP contribution in [0.1, 0.15) is 17.2 Å². The van der Waals surface area contributed by atoms with Crippen molar-refractivity contribution in [3.8, 4) is 0 Å². The van der Waals surface area contributed by atoms with Gasteiger partial charge in [-0.1, -0.05) is 54.6 Å². The van der Waals surface area contributed by atoms with Gasteiger partial charge in [-0.05, 0) is 17.9 Å². The standard InChI is InChI=1S/C13H14S/c14-13(11-7-3-1-4-8-11)12-9-5-2-6-10-12/h1-9,12-14H,10H2. The predicted octanol–water partition coefficient (Wildman–Crippen LogP) is 3.79. The first kappa shape index (κ1) is 9.60. The molecule has 1 heteroatoms. The minimum atomic E-state index is 0.317. The molecule has 0 aromatic heterocycles. The maximum absolute atomic E-state index is 4.68. The van der Waals surface area contributed by atoms with Gasteiger partial charge in [0, 0.05) is 5.25 Å². The third-order valence-electron chi connectivity index (χ3n) is 2.56. The van der Waals surface area contributed by atoms with E-state index in [0.29, 0.717) is 11.2 Å². The number of hydrogen-bond acceptors (Lipinski definition) is 1. The molecule has 0 nitrogen and oxygen atoms in total. The Balaban J connectivity index is 2.12. The van der Waals surface area contributed by atoms with Crippen molar-refractivity contribution in [3.05, 3.63) is 60.2 Å². The highest BCUT2D eigenvalue weighted by molar-refractivity contribution is 7.80. The summed E-state index contributed by atoms with van der Waals surface area (Å²) in [5, 5.41) is 0.317. The lowest BCUT2D eigenvalue weighted by molar-refractivity contribution is 0.642. The number of benzene rings is 1. The Labute approximate surface area is 90.8 Å². The fourth-order valence-corrected chi connectivity index (χ4v) is 2.12. The van der Waals surface area contributed by atoms with Crippen LogP contribution in [0.25, 0.3) is 0 Å². The summed E-state index contributed by atoms with van der Waals surface area (Å²) < 4.78 is 0. The topological polar surface area (TPSA) is 0 Å². The predicted molar refractivity (Wildman–Crippen MR) is 64.6 cm³/mol. The molecule has 0 spiro atoms. The Kier molecular flexibility index (Phi) is 3.10. The van der Waals surface area contributed by atoms with Gasteiger partial charge in [0.15, 0.2) is 0 Å². The molecule has 2 unspecified atom stereocenters. The lowest BCUT2D eigenvalue weighted by Gasteiger charge is -2.20. The van der Waals surface area contributed by atoms with Crippen LogP contribution in [0, 0.1) is 5.92 Å². The molecular formula is C13H14S. The second-order valence-electron chi connectivity index (χ2n) is 3.57. The van der Waals surface area contributed by atoms with Crippen molar-refractivity contribution in [2.45, 2.75) is 11.7 Å². The van der Waals surface area contributed by atoms with Gasteiger partial charge in [0.1, 0.15) is 0 Å². The first-order valence-electron chi connectivity index (χ1n) is 4.94. The molecule has 14 heavy (non-hydrogen) atoms. The van der Waals surface area contributed by atoms with Crippen molar-refractivity contribution in [1.82, 2.24) is 0 Å². The number of rotatable bonds is 2. The maximum Gasteiger partial charge on any atom is 0.0332 e. The zero-order valence-electron chi connectivity index (χ0n) is 8.01. The fraction of sp³-hybridized carbons (Fsp3) is 0.231. The minimum absolute atomic E-state index is 0.317. The molecule has 2 rings (SSSR count). The van der Waals surface area contributed by atoms with Gasteiger partial charge in [0.2, 0.25) is 0 Å². The van der Waals surface area contributed by atoms with Gasteiger partial charge in [-0.25, -0.2) is 0 Å². The van der Waals surface area contributed by atoms with E-state index in [1.165, 1.54) is 5.56 Å². The van der Waals surface area contributed by atoms with Gasteiger partial charge in [0.05, 0.1) is 0 Å². The van der Waals surface area contributed by atoms with Crippen molar-refractivity contribution in [3.63, 3.8) is 0 Å². The van der Waals surface area contributed by atoms with Crippen molar-refractivity contribution in [1.29, 1.82) is 0 Å². The largest absolute Gasteiger partial charge is 0.170 e. The van der Waals surface area contributed by atoms with Crippen molar-refractivity contribution < 1.29 is 0 Å². The van der Waals surface area contributed by atoms with Crippen LogP contribution in [-0.4, -0.2) is 0 Å². The van der Waals surface area contributed by atoms with Crippen LogP contribution in [-0.2, 0) is 0 Å². The van der Waals surface area contributed by atoms with E-state index in [9.17, 15) is 0 Å². The normalized spacial score (nSPS) is 22.2. The van der Waals surface area contributed by atoms with Gasteiger partial charge < -0.3 is 0 Å². The van der Waals surface area contributed by atoms with E-state index in [-0.39, 0.29) is 0 Å². The highest BCUT2D eigenvalue weighted by Crippen LogP contribution is 2.33. The van der Waals surface area contributed by atoms with Gasteiger partial charge in [-0.2, -0.15) is 12.6 Å². The van der Waals surface area contributed by atoms with E-state index in [4.69, 9.17) is 0 Å². The highest BCUT2D eigenvalue weighted by atomic mass is 32.1. The fourth-order valence-electron chi connectivity index (χ4n) is 1.73. The van der Waals surface area contributed by atoms with Crippen molar-refractivity contribution in [2.24, 2.45) is 5.92 Å². The Morgan fingerprint density at radius 1 is 1.14 bits per heavy atom. The Morgan fingerprint density at radius 2 is 1.93 bits per heavy atom. The zero-order valence-corrected chi connectivity index (χ0v) is 8.90.